The fourth-order valence-corrected chi connectivity index (χ4v) is 4.74. The van der Waals surface area contributed by atoms with Gasteiger partial charge in [0.2, 0.25) is 10.0 Å². The molecule has 21 heavy (non-hydrogen) atoms. The van der Waals surface area contributed by atoms with Gasteiger partial charge in [-0.05, 0) is 35.4 Å². The number of hydrogen-bond acceptors (Lipinski definition) is 3. The highest BCUT2D eigenvalue weighted by molar-refractivity contribution is 7.89. The summed E-state index contributed by atoms with van der Waals surface area (Å²) in [4.78, 5) is 0.168. The highest BCUT2D eigenvalue weighted by atomic mass is 35.5. The lowest BCUT2D eigenvalue weighted by Gasteiger charge is -2.18. The molecule has 1 saturated heterocycles. The zero-order valence-corrected chi connectivity index (χ0v) is 14.2. The fourth-order valence-electron chi connectivity index (χ4n) is 2.64. The molecule has 1 fully saturated rings. The normalized spacial score (nSPS) is 23.9. The van der Waals surface area contributed by atoms with Gasteiger partial charge in [0.15, 0.2) is 0 Å². The molecular formula is C15H22ClNO3S. The number of rotatable bonds is 4. The predicted molar refractivity (Wildman–Crippen MR) is 84.0 cm³/mol. The van der Waals surface area contributed by atoms with Crippen LogP contribution in [-0.2, 0) is 10.0 Å². The van der Waals surface area contributed by atoms with Crippen molar-refractivity contribution in [2.45, 2.75) is 31.6 Å². The van der Waals surface area contributed by atoms with E-state index in [1.54, 1.807) is 12.1 Å². The summed E-state index contributed by atoms with van der Waals surface area (Å²) in [6, 6.07) is 5.17. The van der Waals surface area contributed by atoms with Gasteiger partial charge >= 0.3 is 0 Å². The van der Waals surface area contributed by atoms with E-state index in [1.807, 2.05) is 26.8 Å². The number of nitrogens with zero attached hydrogens (tertiary/aromatic N) is 1. The smallest absolute Gasteiger partial charge is 0.244 e. The predicted octanol–water partition coefficient (Wildman–Crippen LogP) is 2.71. The molecule has 4 nitrogen and oxygen atoms in total. The first-order valence-electron chi connectivity index (χ1n) is 7.17. The van der Waals surface area contributed by atoms with Crippen LogP contribution in [0.3, 0.4) is 0 Å². The maximum atomic E-state index is 12.8. The van der Waals surface area contributed by atoms with Crippen LogP contribution in [0.15, 0.2) is 23.1 Å². The van der Waals surface area contributed by atoms with Crippen molar-refractivity contribution in [2.24, 2.45) is 11.8 Å². The second-order valence-electron chi connectivity index (χ2n) is 6.09. The summed E-state index contributed by atoms with van der Waals surface area (Å²) in [5.41, 5.74) is 0.948. The number of benzene rings is 1. The third-order valence-electron chi connectivity index (χ3n) is 4.21. The summed E-state index contributed by atoms with van der Waals surface area (Å²) in [5, 5.41) is 9.56. The molecule has 1 aliphatic heterocycles. The van der Waals surface area contributed by atoms with Crippen LogP contribution in [0.4, 0.5) is 0 Å². The monoisotopic (exact) mass is 331 g/mol. The van der Waals surface area contributed by atoms with Gasteiger partial charge in [-0.25, -0.2) is 8.42 Å². The molecule has 0 saturated carbocycles. The Morgan fingerprint density at radius 3 is 2.57 bits per heavy atom. The van der Waals surface area contributed by atoms with Crippen LogP contribution in [0, 0.1) is 11.8 Å². The van der Waals surface area contributed by atoms with Crippen LogP contribution < -0.4 is 0 Å². The Morgan fingerprint density at radius 1 is 1.38 bits per heavy atom. The maximum Gasteiger partial charge on any atom is 0.244 e. The van der Waals surface area contributed by atoms with Gasteiger partial charge in [0.1, 0.15) is 4.90 Å². The number of aliphatic hydroxyl groups excluding tert-OH is 1. The maximum absolute atomic E-state index is 12.8. The Kier molecular flexibility index (Phi) is 4.98. The third kappa shape index (κ3) is 3.26. The minimum atomic E-state index is -3.61. The average molecular weight is 332 g/mol. The van der Waals surface area contributed by atoms with Gasteiger partial charge in [-0.2, -0.15) is 4.31 Å². The van der Waals surface area contributed by atoms with Crippen LogP contribution >= 0.6 is 11.6 Å². The van der Waals surface area contributed by atoms with E-state index in [0.29, 0.717) is 13.1 Å². The standard InChI is InChI=1S/C15H22ClNO3S/c1-10(2)12-4-5-14(16)15(6-12)21(19,20)17-7-11(3)13(8-17)9-18/h4-6,10-11,13,18H,7-9H2,1-3H3/t11-,13+/m1/s1. The van der Waals surface area contributed by atoms with Crippen molar-refractivity contribution in [1.29, 1.82) is 0 Å². The average Bonchev–Trinajstić information content (AvgIpc) is 2.80. The van der Waals surface area contributed by atoms with E-state index in [0.717, 1.165) is 5.56 Å². The summed E-state index contributed by atoms with van der Waals surface area (Å²) in [6.07, 6.45) is 0. The van der Waals surface area contributed by atoms with E-state index in [-0.39, 0.29) is 34.3 Å². The van der Waals surface area contributed by atoms with E-state index in [1.165, 1.54) is 4.31 Å². The van der Waals surface area contributed by atoms with Crippen molar-refractivity contribution in [3.05, 3.63) is 28.8 Å². The minimum Gasteiger partial charge on any atom is -0.396 e. The first-order chi connectivity index (χ1) is 9.77. The Bertz CT molecular complexity index is 615. The number of aliphatic hydroxyl groups is 1. The summed E-state index contributed by atoms with van der Waals surface area (Å²) in [5.74, 6) is 0.377. The van der Waals surface area contributed by atoms with Crippen molar-refractivity contribution in [3.8, 4) is 0 Å². The molecule has 0 aromatic heterocycles. The Morgan fingerprint density at radius 2 is 2.05 bits per heavy atom. The molecule has 0 amide bonds. The molecule has 6 heteroatoms. The molecule has 1 heterocycles. The second kappa shape index (κ2) is 6.24. The van der Waals surface area contributed by atoms with E-state index >= 15 is 0 Å². The zero-order valence-electron chi connectivity index (χ0n) is 12.6. The summed E-state index contributed by atoms with van der Waals surface area (Å²) in [7, 11) is -3.61. The van der Waals surface area contributed by atoms with Crippen molar-refractivity contribution >= 4 is 21.6 Å². The number of hydrogen-bond donors (Lipinski definition) is 1. The van der Waals surface area contributed by atoms with Crippen LogP contribution in [0.2, 0.25) is 5.02 Å². The van der Waals surface area contributed by atoms with Crippen LogP contribution in [0.25, 0.3) is 0 Å². The van der Waals surface area contributed by atoms with Crippen LogP contribution in [-0.4, -0.2) is 37.5 Å². The molecule has 1 aromatic carbocycles. The van der Waals surface area contributed by atoms with Gasteiger partial charge in [-0.15, -0.1) is 0 Å². The van der Waals surface area contributed by atoms with Gasteiger partial charge in [0, 0.05) is 19.7 Å². The molecule has 0 unspecified atom stereocenters. The molecule has 1 aliphatic rings. The molecule has 1 N–H and O–H groups in total. The molecule has 0 radical (unpaired) electrons. The molecular weight excluding hydrogens is 310 g/mol. The molecule has 0 bridgehead atoms. The first-order valence-corrected chi connectivity index (χ1v) is 8.99. The quantitative estimate of drug-likeness (QED) is 0.923. The molecule has 0 spiro atoms. The van der Waals surface area contributed by atoms with Crippen LogP contribution in [0.1, 0.15) is 32.3 Å². The Balaban J connectivity index is 2.38. The van der Waals surface area contributed by atoms with E-state index < -0.39 is 10.0 Å². The summed E-state index contributed by atoms with van der Waals surface area (Å²) < 4.78 is 27.0. The highest BCUT2D eigenvalue weighted by Gasteiger charge is 2.37. The summed E-state index contributed by atoms with van der Waals surface area (Å²) >= 11 is 6.12. The van der Waals surface area contributed by atoms with Gasteiger partial charge in [0.25, 0.3) is 0 Å². The van der Waals surface area contributed by atoms with E-state index in [4.69, 9.17) is 11.6 Å². The molecule has 0 aliphatic carbocycles. The SMILES string of the molecule is CC(C)c1ccc(Cl)c(S(=O)(=O)N2C[C@@H](CO)[C@H](C)C2)c1. The molecule has 118 valence electrons. The van der Waals surface area contributed by atoms with Gasteiger partial charge < -0.3 is 5.11 Å². The molecule has 2 atom stereocenters. The number of halogens is 1. The number of sulfonamides is 1. The largest absolute Gasteiger partial charge is 0.396 e. The lowest BCUT2D eigenvalue weighted by molar-refractivity contribution is 0.210. The van der Waals surface area contributed by atoms with Gasteiger partial charge in [-0.3, -0.25) is 0 Å². The van der Waals surface area contributed by atoms with Gasteiger partial charge in [-0.1, -0.05) is 38.4 Å². The van der Waals surface area contributed by atoms with Crippen molar-refractivity contribution < 1.29 is 13.5 Å². The highest BCUT2D eigenvalue weighted by Crippen LogP contribution is 2.32. The van der Waals surface area contributed by atoms with E-state index in [2.05, 4.69) is 0 Å². The van der Waals surface area contributed by atoms with Crippen molar-refractivity contribution in [3.63, 3.8) is 0 Å². The molecule has 2 rings (SSSR count). The lowest BCUT2D eigenvalue weighted by Crippen LogP contribution is -2.29. The second-order valence-corrected chi connectivity index (χ2v) is 8.40. The third-order valence-corrected chi connectivity index (χ3v) is 6.52. The lowest BCUT2D eigenvalue weighted by atomic mass is 10.00. The zero-order chi connectivity index (χ0) is 15.8. The Hall–Kier alpha value is -0.620. The van der Waals surface area contributed by atoms with E-state index in [9.17, 15) is 13.5 Å². The van der Waals surface area contributed by atoms with Gasteiger partial charge in [0.05, 0.1) is 5.02 Å². The first kappa shape index (κ1) is 16.7. The fraction of sp³-hybridized carbons (Fsp3) is 0.600. The topological polar surface area (TPSA) is 57.6 Å². The minimum absolute atomic E-state index is 0.00690. The van der Waals surface area contributed by atoms with Crippen molar-refractivity contribution in [2.75, 3.05) is 19.7 Å². The van der Waals surface area contributed by atoms with Crippen molar-refractivity contribution in [1.82, 2.24) is 4.31 Å². The summed E-state index contributed by atoms with van der Waals surface area (Å²) in [6.45, 7) is 6.77. The molecule has 1 aromatic rings. The Labute approximate surface area is 131 Å². The van der Waals surface area contributed by atoms with Crippen LogP contribution in [0.5, 0.6) is 0 Å².